The second kappa shape index (κ2) is 9.22. The first-order valence-corrected chi connectivity index (χ1v) is 12.2. The first kappa shape index (κ1) is 22.2. The Labute approximate surface area is 189 Å². The summed E-state index contributed by atoms with van der Waals surface area (Å²) in [6.07, 6.45) is 6.02. The Bertz CT molecular complexity index is 1210. The zero-order valence-electron chi connectivity index (χ0n) is 18.3. The topological polar surface area (TPSA) is 79.4 Å². The highest BCUT2D eigenvalue weighted by molar-refractivity contribution is 7.89. The van der Waals surface area contributed by atoms with Crippen molar-refractivity contribution < 1.29 is 13.2 Å². The van der Waals surface area contributed by atoms with Gasteiger partial charge in [-0.05, 0) is 85.8 Å². The Morgan fingerprint density at radius 1 is 1.03 bits per heavy atom. The van der Waals surface area contributed by atoms with Crippen LogP contribution in [-0.2, 0) is 10.0 Å². The van der Waals surface area contributed by atoms with Crippen molar-refractivity contribution in [2.24, 2.45) is 0 Å². The predicted octanol–water partition coefficient (Wildman–Crippen LogP) is 4.87. The number of aromatic nitrogens is 1. The van der Waals surface area contributed by atoms with Gasteiger partial charge in [0.05, 0.1) is 10.9 Å². The second-order valence-electron chi connectivity index (χ2n) is 8.19. The molecule has 1 fully saturated rings. The number of rotatable bonds is 5. The molecule has 0 unspecified atom stereocenters. The van der Waals surface area contributed by atoms with Crippen LogP contribution in [0, 0.1) is 13.8 Å². The number of benzene rings is 2. The summed E-state index contributed by atoms with van der Waals surface area (Å²) in [4.78, 5) is 16.9. The normalized spacial score (nSPS) is 17.1. The Kier molecular flexibility index (Phi) is 6.39. The zero-order chi connectivity index (χ0) is 22.7. The Morgan fingerprint density at radius 2 is 1.81 bits per heavy atom. The minimum atomic E-state index is -3.67. The van der Waals surface area contributed by atoms with E-state index >= 15 is 0 Å². The molecule has 32 heavy (non-hydrogen) atoms. The lowest BCUT2D eigenvalue weighted by Gasteiger charge is -2.34. The number of nitrogens with zero attached hydrogens (tertiary/aromatic N) is 2. The third-order valence-electron chi connectivity index (χ3n) is 6.01. The summed E-state index contributed by atoms with van der Waals surface area (Å²) >= 11 is 0. The van der Waals surface area contributed by atoms with Gasteiger partial charge < -0.3 is 5.32 Å². The third kappa shape index (κ3) is 4.59. The lowest BCUT2D eigenvalue weighted by atomic mass is 9.99. The average Bonchev–Trinajstić information content (AvgIpc) is 2.82. The van der Waals surface area contributed by atoms with E-state index < -0.39 is 10.0 Å². The van der Waals surface area contributed by atoms with E-state index in [1.54, 1.807) is 47.0 Å². The molecule has 0 spiro atoms. The molecule has 7 heteroatoms. The molecule has 0 bridgehead atoms. The van der Waals surface area contributed by atoms with Crippen molar-refractivity contribution in [2.75, 3.05) is 11.9 Å². The predicted molar refractivity (Wildman–Crippen MR) is 125 cm³/mol. The smallest absolute Gasteiger partial charge is 0.255 e. The van der Waals surface area contributed by atoms with Crippen molar-refractivity contribution in [3.05, 3.63) is 89.2 Å². The lowest BCUT2D eigenvalue weighted by molar-refractivity contribution is 0.102. The van der Waals surface area contributed by atoms with Gasteiger partial charge in [0.15, 0.2) is 0 Å². The fraction of sp³-hybridized carbons (Fsp3) is 0.280. The molecule has 2 heterocycles. The molecule has 1 aliphatic heterocycles. The molecule has 4 rings (SSSR count). The highest BCUT2D eigenvalue weighted by Crippen LogP contribution is 2.35. The summed E-state index contributed by atoms with van der Waals surface area (Å²) < 4.78 is 28.4. The number of amides is 1. The molecule has 6 nitrogen and oxygen atoms in total. The van der Waals surface area contributed by atoms with Gasteiger partial charge in [0.25, 0.3) is 5.91 Å². The fourth-order valence-electron chi connectivity index (χ4n) is 4.03. The van der Waals surface area contributed by atoms with E-state index in [1.807, 2.05) is 38.1 Å². The monoisotopic (exact) mass is 449 g/mol. The van der Waals surface area contributed by atoms with E-state index in [9.17, 15) is 13.2 Å². The number of pyridine rings is 1. The average molecular weight is 450 g/mol. The van der Waals surface area contributed by atoms with Crippen molar-refractivity contribution in [2.45, 2.75) is 44.0 Å². The van der Waals surface area contributed by atoms with E-state index in [1.165, 1.54) is 0 Å². The highest BCUT2D eigenvalue weighted by Gasteiger charge is 2.34. The van der Waals surface area contributed by atoms with E-state index in [4.69, 9.17) is 0 Å². The van der Waals surface area contributed by atoms with Gasteiger partial charge in [0.2, 0.25) is 10.0 Å². The summed E-state index contributed by atoms with van der Waals surface area (Å²) in [6, 6.07) is 15.5. The summed E-state index contributed by atoms with van der Waals surface area (Å²) in [6.45, 7) is 4.44. The van der Waals surface area contributed by atoms with Crippen LogP contribution in [0.15, 0.2) is 71.9 Å². The van der Waals surface area contributed by atoms with Crippen molar-refractivity contribution in [3.8, 4) is 0 Å². The highest BCUT2D eigenvalue weighted by atomic mass is 32.2. The number of piperidine rings is 1. The summed E-state index contributed by atoms with van der Waals surface area (Å²) in [7, 11) is -3.67. The largest absolute Gasteiger partial charge is 0.322 e. The molecule has 1 aliphatic rings. The van der Waals surface area contributed by atoms with Crippen molar-refractivity contribution in [1.82, 2.24) is 9.29 Å². The number of hydrogen-bond donors (Lipinski definition) is 1. The van der Waals surface area contributed by atoms with Gasteiger partial charge in [-0.3, -0.25) is 9.78 Å². The van der Waals surface area contributed by atoms with Crippen molar-refractivity contribution >= 4 is 21.6 Å². The van der Waals surface area contributed by atoms with E-state index in [0.717, 1.165) is 36.0 Å². The van der Waals surface area contributed by atoms with Crippen LogP contribution in [0.5, 0.6) is 0 Å². The number of hydrogen-bond acceptors (Lipinski definition) is 4. The molecular formula is C25H27N3O3S. The molecule has 3 aromatic rings. The molecule has 1 amide bonds. The number of carbonyl (C=O) groups is 1. The summed E-state index contributed by atoms with van der Waals surface area (Å²) in [5, 5.41) is 2.84. The maximum Gasteiger partial charge on any atom is 0.255 e. The number of nitrogens with one attached hydrogen (secondary N) is 1. The Morgan fingerprint density at radius 3 is 2.50 bits per heavy atom. The number of anilines is 1. The SMILES string of the molecule is Cc1ccc(C(=O)Nc2ccc(S(=O)(=O)N3CCCC[C@H]3c3cccnc3)cc2)cc1C. The third-order valence-corrected chi connectivity index (χ3v) is 7.93. The molecule has 1 aromatic heterocycles. The van der Waals surface area contributed by atoms with Crippen LogP contribution in [0.2, 0.25) is 0 Å². The van der Waals surface area contributed by atoms with Crippen LogP contribution in [0.4, 0.5) is 5.69 Å². The molecule has 166 valence electrons. The Hall–Kier alpha value is -3.03. The maximum absolute atomic E-state index is 13.4. The number of aryl methyl sites for hydroxylation is 2. The molecule has 1 atom stereocenters. The van der Waals surface area contributed by atoms with Crippen molar-refractivity contribution in [1.29, 1.82) is 0 Å². The molecule has 1 saturated heterocycles. The van der Waals surface area contributed by atoms with Crippen LogP contribution in [0.25, 0.3) is 0 Å². The van der Waals surface area contributed by atoms with E-state index in [2.05, 4.69) is 10.3 Å². The summed E-state index contributed by atoms with van der Waals surface area (Å²) in [5.74, 6) is -0.226. The van der Waals surface area contributed by atoms with Crippen LogP contribution in [0.1, 0.15) is 52.4 Å². The second-order valence-corrected chi connectivity index (χ2v) is 10.1. The molecule has 0 aliphatic carbocycles. The minimum Gasteiger partial charge on any atom is -0.322 e. The summed E-state index contributed by atoms with van der Waals surface area (Å²) in [5.41, 5.74) is 4.20. The molecular weight excluding hydrogens is 422 g/mol. The van der Waals surface area contributed by atoms with Gasteiger partial charge in [-0.25, -0.2) is 8.42 Å². The fourth-order valence-corrected chi connectivity index (χ4v) is 5.71. The van der Waals surface area contributed by atoms with Crippen LogP contribution >= 0.6 is 0 Å². The van der Waals surface area contributed by atoms with E-state index in [0.29, 0.717) is 17.8 Å². The van der Waals surface area contributed by atoms with Gasteiger partial charge >= 0.3 is 0 Å². The quantitative estimate of drug-likeness (QED) is 0.603. The maximum atomic E-state index is 13.4. The van der Waals surface area contributed by atoms with Gasteiger partial charge in [0, 0.05) is 30.2 Å². The van der Waals surface area contributed by atoms with E-state index in [-0.39, 0.29) is 16.8 Å². The minimum absolute atomic E-state index is 0.216. The van der Waals surface area contributed by atoms with Crippen LogP contribution < -0.4 is 5.32 Å². The molecule has 0 saturated carbocycles. The molecule has 0 radical (unpaired) electrons. The molecule has 1 N–H and O–H groups in total. The zero-order valence-corrected chi connectivity index (χ0v) is 19.1. The first-order chi connectivity index (χ1) is 15.4. The first-order valence-electron chi connectivity index (χ1n) is 10.8. The van der Waals surface area contributed by atoms with Gasteiger partial charge in [-0.1, -0.05) is 18.6 Å². The number of sulfonamides is 1. The van der Waals surface area contributed by atoms with Crippen LogP contribution in [-0.4, -0.2) is 30.2 Å². The van der Waals surface area contributed by atoms with Gasteiger partial charge in [-0.2, -0.15) is 4.31 Å². The Balaban J connectivity index is 1.53. The standard InChI is InChI=1S/C25H27N3O3S/c1-18-8-9-20(16-19(18)2)25(29)27-22-10-12-23(13-11-22)32(30,31)28-15-4-3-7-24(28)21-6-5-14-26-17-21/h5-6,8-14,16-17,24H,3-4,7,15H2,1-2H3,(H,27,29)/t24-/m0/s1. The van der Waals surface area contributed by atoms with Crippen molar-refractivity contribution in [3.63, 3.8) is 0 Å². The molecule has 2 aromatic carbocycles. The lowest BCUT2D eigenvalue weighted by Crippen LogP contribution is -2.38. The number of carbonyl (C=O) groups excluding carboxylic acids is 1. The van der Waals surface area contributed by atoms with Gasteiger partial charge in [0.1, 0.15) is 0 Å². The van der Waals surface area contributed by atoms with Gasteiger partial charge in [-0.15, -0.1) is 0 Å². The van der Waals surface area contributed by atoms with Crippen LogP contribution in [0.3, 0.4) is 0 Å².